The highest BCUT2D eigenvalue weighted by Crippen LogP contribution is 2.33. The van der Waals surface area contributed by atoms with Crippen molar-refractivity contribution in [1.82, 2.24) is 4.98 Å². The van der Waals surface area contributed by atoms with Crippen LogP contribution in [0, 0.1) is 15.9 Å². The van der Waals surface area contributed by atoms with E-state index in [1.54, 1.807) is 6.92 Å². The van der Waals surface area contributed by atoms with Crippen LogP contribution in [0.3, 0.4) is 0 Å². The maximum Gasteiger partial charge on any atom is 0.287 e. The second kappa shape index (κ2) is 6.91. The highest BCUT2D eigenvalue weighted by atomic mass is 19.1. The molecule has 1 unspecified atom stereocenters. The molecule has 0 fully saturated rings. The first kappa shape index (κ1) is 16.5. The van der Waals surface area contributed by atoms with Crippen LogP contribution in [0.15, 0.2) is 30.5 Å². The van der Waals surface area contributed by atoms with E-state index in [-0.39, 0.29) is 5.69 Å². The van der Waals surface area contributed by atoms with Crippen LogP contribution in [-0.2, 0) is 0 Å². The molecule has 8 heteroatoms. The van der Waals surface area contributed by atoms with E-state index in [1.807, 2.05) is 0 Å². The van der Waals surface area contributed by atoms with E-state index in [1.165, 1.54) is 38.5 Å². The molecule has 1 aromatic carbocycles. The molecule has 2 aromatic rings. The third-order valence-electron chi connectivity index (χ3n) is 3.29. The fourth-order valence-electron chi connectivity index (χ4n) is 2.08. The number of anilines is 1. The molecule has 1 aromatic heterocycles. The lowest BCUT2D eigenvalue weighted by atomic mass is 10.1. The minimum Gasteiger partial charge on any atom is -0.493 e. The predicted octanol–water partition coefficient (Wildman–Crippen LogP) is 3.32. The van der Waals surface area contributed by atoms with E-state index in [2.05, 4.69) is 10.3 Å². The molecular weight excluding hydrogens is 305 g/mol. The number of nitrogens with zero attached hydrogens (tertiary/aromatic N) is 2. The summed E-state index contributed by atoms with van der Waals surface area (Å²) >= 11 is 0. The first-order valence-corrected chi connectivity index (χ1v) is 6.74. The fourth-order valence-corrected chi connectivity index (χ4v) is 2.08. The van der Waals surface area contributed by atoms with Crippen molar-refractivity contribution in [2.75, 3.05) is 19.5 Å². The summed E-state index contributed by atoms with van der Waals surface area (Å²) in [6.07, 6.45) is 1.14. The highest BCUT2D eigenvalue weighted by molar-refractivity contribution is 5.47. The molecule has 0 saturated heterocycles. The summed E-state index contributed by atoms with van der Waals surface area (Å²) in [5, 5.41) is 13.6. The SMILES string of the molecule is COc1cc(F)c(C(C)Nc2ccc([N+](=O)[O-])cn2)cc1OC. The minimum absolute atomic E-state index is 0.111. The Bertz CT molecular complexity index is 707. The number of nitro groups is 1. The smallest absolute Gasteiger partial charge is 0.287 e. The summed E-state index contributed by atoms with van der Waals surface area (Å²) < 4.78 is 24.4. The second-order valence-electron chi connectivity index (χ2n) is 4.75. The van der Waals surface area contributed by atoms with Crippen LogP contribution in [0.5, 0.6) is 11.5 Å². The Morgan fingerprint density at radius 1 is 1.26 bits per heavy atom. The quantitative estimate of drug-likeness (QED) is 0.649. The van der Waals surface area contributed by atoms with Crippen molar-refractivity contribution < 1.29 is 18.8 Å². The number of nitrogens with one attached hydrogen (secondary N) is 1. The molecule has 0 radical (unpaired) electrons. The second-order valence-corrected chi connectivity index (χ2v) is 4.75. The summed E-state index contributed by atoms with van der Waals surface area (Å²) in [5.74, 6) is 0.658. The van der Waals surface area contributed by atoms with Crippen LogP contribution in [0.25, 0.3) is 0 Å². The third-order valence-corrected chi connectivity index (χ3v) is 3.29. The molecule has 1 N–H and O–H groups in total. The van der Waals surface area contributed by atoms with Gasteiger partial charge in [-0.25, -0.2) is 9.37 Å². The van der Waals surface area contributed by atoms with Gasteiger partial charge in [0.15, 0.2) is 11.5 Å². The molecule has 0 saturated carbocycles. The van der Waals surface area contributed by atoms with Crippen molar-refractivity contribution in [2.45, 2.75) is 13.0 Å². The zero-order chi connectivity index (χ0) is 17.0. The van der Waals surface area contributed by atoms with Crippen LogP contribution in [-0.4, -0.2) is 24.1 Å². The minimum atomic E-state index is -0.534. The summed E-state index contributed by atoms with van der Waals surface area (Å²) in [7, 11) is 2.90. The van der Waals surface area contributed by atoms with E-state index >= 15 is 0 Å². The van der Waals surface area contributed by atoms with Gasteiger partial charge < -0.3 is 14.8 Å². The maximum atomic E-state index is 14.2. The van der Waals surface area contributed by atoms with Gasteiger partial charge in [0.1, 0.15) is 17.8 Å². The molecule has 0 amide bonds. The van der Waals surface area contributed by atoms with E-state index in [0.29, 0.717) is 22.9 Å². The molecule has 1 heterocycles. The topological polar surface area (TPSA) is 86.5 Å². The maximum absolute atomic E-state index is 14.2. The van der Waals surface area contributed by atoms with Gasteiger partial charge in [-0.05, 0) is 19.1 Å². The van der Waals surface area contributed by atoms with Crippen LogP contribution < -0.4 is 14.8 Å². The standard InChI is InChI=1S/C15H16FN3O4/c1-9(18-15-5-4-10(8-17-15)19(20)21)11-6-13(22-2)14(23-3)7-12(11)16/h4-9H,1-3H3,(H,17,18). The number of benzene rings is 1. The lowest BCUT2D eigenvalue weighted by Gasteiger charge is -2.17. The third kappa shape index (κ3) is 3.65. The summed E-state index contributed by atoms with van der Waals surface area (Å²) in [6, 6.07) is 5.15. The zero-order valence-corrected chi connectivity index (χ0v) is 12.9. The average Bonchev–Trinajstić information content (AvgIpc) is 2.54. The number of halogens is 1. The molecule has 0 aliphatic carbocycles. The zero-order valence-electron chi connectivity index (χ0n) is 12.9. The van der Waals surface area contributed by atoms with E-state index in [4.69, 9.17) is 9.47 Å². The number of pyridine rings is 1. The van der Waals surface area contributed by atoms with E-state index in [9.17, 15) is 14.5 Å². The van der Waals surface area contributed by atoms with Gasteiger partial charge in [0, 0.05) is 17.7 Å². The molecule has 7 nitrogen and oxygen atoms in total. The van der Waals surface area contributed by atoms with Gasteiger partial charge in [-0.3, -0.25) is 10.1 Å². The van der Waals surface area contributed by atoms with Gasteiger partial charge in [0.05, 0.1) is 25.2 Å². The first-order valence-electron chi connectivity index (χ1n) is 6.74. The van der Waals surface area contributed by atoms with Crippen molar-refractivity contribution in [3.63, 3.8) is 0 Å². The molecular formula is C15H16FN3O4. The summed E-state index contributed by atoms with van der Waals surface area (Å²) in [4.78, 5) is 14.0. The molecule has 1 atom stereocenters. The lowest BCUT2D eigenvalue weighted by molar-refractivity contribution is -0.385. The van der Waals surface area contributed by atoms with Crippen molar-refractivity contribution in [3.05, 3.63) is 52.0 Å². The molecule has 2 rings (SSSR count). The summed E-state index contributed by atoms with van der Waals surface area (Å²) in [5.41, 5.74) is 0.253. The average molecular weight is 321 g/mol. The molecule has 0 bridgehead atoms. The number of aromatic nitrogens is 1. The largest absolute Gasteiger partial charge is 0.493 e. The molecule has 0 aliphatic heterocycles. The number of rotatable bonds is 6. The number of hydrogen-bond acceptors (Lipinski definition) is 6. The van der Waals surface area contributed by atoms with Gasteiger partial charge >= 0.3 is 0 Å². The monoisotopic (exact) mass is 321 g/mol. The van der Waals surface area contributed by atoms with Gasteiger partial charge in [0.2, 0.25) is 0 Å². The highest BCUT2D eigenvalue weighted by Gasteiger charge is 2.17. The summed E-state index contributed by atoms with van der Waals surface area (Å²) in [6.45, 7) is 1.74. The molecule has 23 heavy (non-hydrogen) atoms. The van der Waals surface area contributed by atoms with Gasteiger partial charge in [-0.2, -0.15) is 0 Å². The fraction of sp³-hybridized carbons (Fsp3) is 0.267. The van der Waals surface area contributed by atoms with Crippen molar-refractivity contribution >= 4 is 11.5 Å². The Kier molecular flexibility index (Phi) is 4.95. The normalized spacial score (nSPS) is 11.7. The first-order chi connectivity index (χ1) is 11.0. The van der Waals surface area contributed by atoms with Crippen LogP contribution in [0.4, 0.5) is 15.9 Å². The van der Waals surface area contributed by atoms with Crippen molar-refractivity contribution in [1.29, 1.82) is 0 Å². The Hall–Kier alpha value is -2.90. The van der Waals surface area contributed by atoms with Crippen LogP contribution in [0.1, 0.15) is 18.5 Å². The molecule has 0 spiro atoms. The van der Waals surface area contributed by atoms with E-state index in [0.717, 1.165) is 6.20 Å². The Labute approximate surface area is 132 Å². The number of hydrogen-bond donors (Lipinski definition) is 1. The van der Waals surface area contributed by atoms with Gasteiger partial charge in [0.25, 0.3) is 5.69 Å². The molecule has 0 aliphatic rings. The van der Waals surface area contributed by atoms with Crippen LogP contribution in [0.2, 0.25) is 0 Å². The molecule has 122 valence electrons. The van der Waals surface area contributed by atoms with Gasteiger partial charge in [-0.15, -0.1) is 0 Å². The van der Waals surface area contributed by atoms with Gasteiger partial charge in [-0.1, -0.05) is 0 Å². The Balaban J connectivity index is 2.23. The Morgan fingerprint density at radius 2 is 1.91 bits per heavy atom. The predicted molar refractivity (Wildman–Crippen MR) is 82.4 cm³/mol. The number of ether oxygens (including phenoxy) is 2. The number of methoxy groups -OCH3 is 2. The van der Waals surface area contributed by atoms with E-state index < -0.39 is 16.8 Å². The Morgan fingerprint density at radius 3 is 2.43 bits per heavy atom. The van der Waals surface area contributed by atoms with Crippen molar-refractivity contribution in [2.24, 2.45) is 0 Å². The van der Waals surface area contributed by atoms with Crippen molar-refractivity contribution in [3.8, 4) is 11.5 Å². The van der Waals surface area contributed by atoms with Crippen LogP contribution >= 0.6 is 0 Å². The lowest BCUT2D eigenvalue weighted by Crippen LogP contribution is -2.10.